The Labute approximate surface area is 337 Å². The van der Waals surface area contributed by atoms with Gasteiger partial charge in [0.2, 0.25) is 0 Å². The zero-order chi connectivity index (χ0) is 38.4. The second-order valence-electron chi connectivity index (χ2n) is 14.8. The van der Waals surface area contributed by atoms with Gasteiger partial charge < -0.3 is 4.90 Å². The summed E-state index contributed by atoms with van der Waals surface area (Å²) in [5.41, 5.74) is 13.9. The summed E-state index contributed by atoms with van der Waals surface area (Å²) in [6.45, 7) is 0. The van der Waals surface area contributed by atoms with Gasteiger partial charge in [0.1, 0.15) is 0 Å². The van der Waals surface area contributed by atoms with Crippen molar-refractivity contribution in [2.24, 2.45) is 0 Å². The monoisotopic (exact) mass is 740 g/mol. The standard InChI is InChI=1S/C54H36N4/c1-3-16-39(17-4-1)52-55-53(40-18-5-2-6-19-40)57-54(56-52)42-30-33-48-43(35-42)34-41-22-11-25-47(51(41)48)38-28-31-44(32-29-38)58(49-26-12-20-36-14-7-9-23-45(36)49)50-27-13-21-37-15-8-10-24-46(37)50/h1-33,35H,34H2. The van der Waals surface area contributed by atoms with Crippen LogP contribution in [0.5, 0.6) is 0 Å². The largest absolute Gasteiger partial charge is 0.309 e. The Morgan fingerprint density at radius 1 is 0.345 bits per heavy atom. The predicted octanol–water partition coefficient (Wildman–Crippen LogP) is 13.9. The minimum absolute atomic E-state index is 0.665. The van der Waals surface area contributed by atoms with E-state index in [0.717, 1.165) is 40.2 Å². The van der Waals surface area contributed by atoms with E-state index in [1.807, 2.05) is 60.7 Å². The lowest BCUT2D eigenvalue weighted by atomic mass is 9.93. The summed E-state index contributed by atoms with van der Waals surface area (Å²) in [6.07, 6.45) is 0.850. The molecule has 9 aromatic carbocycles. The SMILES string of the molecule is c1ccc(-c2nc(-c3ccccc3)nc(-c3ccc4c(c3)Cc3cccc(-c5ccc(N(c6cccc7ccccc67)c6cccc7ccccc67)cc5)c3-4)n2)cc1. The zero-order valence-electron chi connectivity index (χ0n) is 31.6. The van der Waals surface area contributed by atoms with Gasteiger partial charge in [-0.2, -0.15) is 0 Å². The van der Waals surface area contributed by atoms with E-state index in [1.54, 1.807) is 0 Å². The highest BCUT2D eigenvalue weighted by Gasteiger charge is 2.24. The quantitative estimate of drug-likeness (QED) is 0.163. The smallest absolute Gasteiger partial charge is 0.164 e. The molecule has 4 nitrogen and oxygen atoms in total. The summed E-state index contributed by atoms with van der Waals surface area (Å²) in [4.78, 5) is 17.3. The second-order valence-corrected chi connectivity index (χ2v) is 14.8. The van der Waals surface area contributed by atoms with E-state index in [9.17, 15) is 0 Å². The van der Waals surface area contributed by atoms with Crippen LogP contribution in [-0.2, 0) is 6.42 Å². The van der Waals surface area contributed by atoms with Crippen molar-refractivity contribution >= 4 is 38.6 Å². The molecule has 0 spiro atoms. The third kappa shape index (κ3) is 5.91. The molecular weight excluding hydrogens is 705 g/mol. The molecule has 0 unspecified atom stereocenters. The molecule has 0 saturated heterocycles. The minimum Gasteiger partial charge on any atom is -0.309 e. The first-order chi connectivity index (χ1) is 28.7. The average molecular weight is 741 g/mol. The molecule has 11 rings (SSSR count). The van der Waals surface area contributed by atoms with Crippen LogP contribution in [0.2, 0.25) is 0 Å². The first-order valence-electron chi connectivity index (χ1n) is 19.7. The Hall–Kier alpha value is -7.69. The minimum atomic E-state index is 0.665. The Kier molecular flexibility index (Phi) is 8.18. The molecule has 58 heavy (non-hydrogen) atoms. The highest BCUT2D eigenvalue weighted by molar-refractivity contribution is 6.05. The van der Waals surface area contributed by atoms with E-state index < -0.39 is 0 Å². The van der Waals surface area contributed by atoms with Crippen molar-refractivity contribution in [1.29, 1.82) is 0 Å². The van der Waals surface area contributed by atoms with Crippen molar-refractivity contribution in [3.63, 3.8) is 0 Å². The van der Waals surface area contributed by atoms with Crippen LogP contribution in [0.15, 0.2) is 206 Å². The van der Waals surface area contributed by atoms with Gasteiger partial charge in [-0.05, 0) is 80.9 Å². The molecule has 1 aromatic heterocycles. The van der Waals surface area contributed by atoms with Crippen LogP contribution in [0.4, 0.5) is 17.1 Å². The maximum atomic E-state index is 5.01. The van der Waals surface area contributed by atoms with Gasteiger partial charge in [-0.1, -0.05) is 176 Å². The number of hydrogen-bond acceptors (Lipinski definition) is 4. The fraction of sp³-hybridized carbons (Fsp3) is 0.0185. The van der Waals surface area contributed by atoms with Gasteiger partial charge >= 0.3 is 0 Å². The molecule has 0 amide bonds. The Morgan fingerprint density at radius 2 is 0.845 bits per heavy atom. The number of anilines is 3. The third-order valence-corrected chi connectivity index (χ3v) is 11.3. The van der Waals surface area contributed by atoms with E-state index >= 15 is 0 Å². The van der Waals surface area contributed by atoms with Crippen molar-refractivity contribution < 1.29 is 0 Å². The average Bonchev–Trinajstić information content (AvgIpc) is 3.68. The lowest BCUT2D eigenvalue weighted by Gasteiger charge is -2.28. The van der Waals surface area contributed by atoms with Crippen molar-refractivity contribution in [2.75, 3.05) is 4.90 Å². The maximum absolute atomic E-state index is 5.01. The van der Waals surface area contributed by atoms with E-state index in [0.29, 0.717) is 17.5 Å². The van der Waals surface area contributed by atoms with Crippen LogP contribution in [0.1, 0.15) is 11.1 Å². The molecule has 1 aliphatic rings. The molecule has 0 atom stereocenters. The van der Waals surface area contributed by atoms with Crippen molar-refractivity contribution in [1.82, 2.24) is 15.0 Å². The summed E-state index contributed by atoms with van der Waals surface area (Å²) in [6, 6.07) is 73.2. The van der Waals surface area contributed by atoms with Crippen molar-refractivity contribution in [2.45, 2.75) is 6.42 Å². The van der Waals surface area contributed by atoms with E-state index in [1.165, 1.54) is 54.9 Å². The summed E-state index contributed by atoms with van der Waals surface area (Å²) in [5.74, 6) is 2.00. The van der Waals surface area contributed by atoms with Gasteiger partial charge in [-0.25, -0.2) is 15.0 Å². The molecule has 0 saturated carbocycles. The fourth-order valence-corrected chi connectivity index (χ4v) is 8.58. The normalized spacial score (nSPS) is 11.7. The van der Waals surface area contributed by atoms with E-state index in [2.05, 4.69) is 150 Å². The van der Waals surface area contributed by atoms with Gasteiger partial charge in [0.05, 0.1) is 11.4 Å². The molecular formula is C54H36N4. The van der Waals surface area contributed by atoms with E-state index in [-0.39, 0.29) is 0 Å². The molecule has 272 valence electrons. The highest BCUT2D eigenvalue weighted by Crippen LogP contribution is 2.46. The molecule has 0 N–H and O–H groups in total. The molecule has 4 heteroatoms. The van der Waals surface area contributed by atoms with Crippen molar-refractivity contribution in [3.05, 3.63) is 217 Å². The lowest BCUT2D eigenvalue weighted by Crippen LogP contribution is -2.11. The zero-order valence-corrected chi connectivity index (χ0v) is 31.6. The van der Waals surface area contributed by atoms with Crippen LogP contribution in [0.25, 0.3) is 78.0 Å². The summed E-state index contributed by atoms with van der Waals surface area (Å²) in [7, 11) is 0. The Morgan fingerprint density at radius 3 is 1.45 bits per heavy atom. The number of benzene rings is 9. The predicted molar refractivity (Wildman–Crippen MR) is 240 cm³/mol. The first-order valence-corrected chi connectivity index (χ1v) is 19.7. The van der Waals surface area contributed by atoms with Crippen LogP contribution in [0, 0.1) is 0 Å². The first kappa shape index (κ1) is 33.6. The number of aromatic nitrogens is 3. The molecule has 1 aliphatic carbocycles. The fourth-order valence-electron chi connectivity index (χ4n) is 8.58. The van der Waals surface area contributed by atoms with Gasteiger partial charge in [0, 0.05) is 33.2 Å². The summed E-state index contributed by atoms with van der Waals surface area (Å²) in [5, 5.41) is 4.85. The number of nitrogens with zero attached hydrogens (tertiary/aromatic N) is 4. The lowest BCUT2D eigenvalue weighted by molar-refractivity contribution is 1.07. The Balaban J connectivity index is 0.987. The van der Waals surface area contributed by atoms with Crippen molar-refractivity contribution in [3.8, 4) is 56.4 Å². The molecule has 0 radical (unpaired) electrons. The Bertz CT molecular complexity index is 2990. The van der Waals surface area contributed by atoms with Gasteiger partial charge in [-0.3, -0.25) is 0 Å². The van der Waals surface area contributed by atoms with Gasteiger partial charge in [0.25, 0.3) is 0 Å². The van der Waals surface area contributed by atoms with Crippen LogP contribution in [0.3, 0.4) is 0 Å². The topological polar surface area (TPSA) is 41.9 Å². The third-order valence-electron chi connectivity index (χ3n) is 11.3. The number of rotatable bonds is 7. The number of hydrogen-bond donors (Lipinski definition) is 0. The van der Waals surface area contributed by atoms with Crippen LogP contribution < -0.4 is 4.90 Å². The maximum Gasteiger partial charge on any atom is 0.164 e. The van der Waals surface area contributed by atoms with E-state index in [4.69, 9.17) is 15.0 Å². The summed E-state index contributed by atoms with van der Waals surface area (Å²) < 4.78 is 0. The molecule has 0 aliphatic heterocycles. The van der Waals surface area contributed by atoms with Crippen LogP contribution >= 0.6 is 0 Å². The number of fused-ring (bicyclic) bond motifs is 5. The molecule has 0 bridgehead atoms. The molecule has 0 fully saturated rings. The van der Waals surface area contributed by atoms with Gasteiger partial charge in [-0.15, -0.1) is 0 Å². The van der Waals surface area contributed by atoms with Gasteiger partial charge in [0.15, 0.2) is 17.5 Å². The second kappa shape index (κ2) is 14.1. The highest BCUT2D eigenvalue weighted by atomic mass is 15.1. The molecule has 10 aromatic rings. The molecule has 1 heterocycles. The van der Waals surface area contributed by atoms with Crippen LogP contribution in [-0.4, -0.2) is 15.0 Å². The summed E-state index contributed by atoms with van der Waals surface area (Å²) >= 11 is 0.